The first-order valence-electron chi connectivity index (χ1n) is 6.47. The van der Waals surface area contributed by atoms with E-state index in [1.807, 2.05) is 0 Å². The lowest BCUT2D eigenvalue weighted by Gasteiger charge is -2.13. The number of halogens is 4. The number of fused-ring (bicyclic) bond motifs is 1. The fourth-order valence-corrected chi connectivity index (χ4v) is 2.09. The average molecular weight is 329 g/mol. The van der Waals surface area contributed by atoms with Gasteiger partial charge in [0.25, 0.3) is 0 Å². The van der Waals surface area contributed by atoms with Crippen LogP contribution >= 0.6 is 0 Å². The number of ether oxygens (including phenoxy) is 1. The summed E-state index contributed by atoms with van der Waals surface area (Å²) in [4.78, 5) is 24.0. The number of benzene rings is 1. The molecule has 0 saturated carbocycles. The van der Waals surface area contributed by atoms with E-state index in [1.54, 1.807) is 0 Å². The third kappa shape index (κ3) is 2.96. The number of carbonyl (C=O) groups excluding carboxylic acids is 1. The van der Waals surface area contributed by atoms with E-state index in [2.05, 4.69) is 6.58 Å². The van der Waals surface area contributed by atoms with Gasteiger partial charge in [0, 0.05) is 6.20 Å². The van der Waals surface area contributed by atoms with Crippen molar-refractivity contribution < 1.29 is 27.1 Å². The minimum atomic E-state index is -1.79. The van der Waals surface area contributed by atoms with Crippen molar-refractivity contribution in [2.75, 3.05) is 13.3 Å². The van der Waals surface area contributed by atoms with Gasteiger partial charge in [0.15, 0.2) is 17.5 Å². The predicted octanol–water partition coefficient (Wildman–Crippen LogP) is 2.73. The first kappa shape index (κ1) is 16.7. The van der Waals surface area contributed by atoms with Crippen LogP contribution in [0.1, 0.15) is 10.4 Å². The molecule has 0 N–H and O–H groups in total. The monoisotopic (exact) mass is 329 g/mol. The van der Waals surface area contributed by atoms with Crippen LogP contribution in [0.3, 0.4) is 0 Å². The quantitative estimate of drug-likeness (QED) is 0.367. The smallest absolute Gasteiger partial charge is 0.343 e. The molecule has 0 aliphatic rings. The Labute approximate surface area is 127 Å². The lowest BCUT2D eigenvalue weighted by Crippen LogP contribution is -2.22. The van der Waals surface area contributed by atoms with Crippen molar-refractivity contribution in [2.45, 2.75) is 6.54 Å². The Hall–Kier alpha value is -2.64. The molecule has 0 unspecified atom stereocenters. The van der Waals surface area contributed by atoms with Gasteiger partial charge >= 0.3 is 5.97 Å². The summed E-state index contributed by atoms with van der Waals surface area (Å²) in [5.74, 6) is -6.06. The predicted molar refractivity (Wildman–Crippen MR) is 74.5 cm³/mol. The van der Waals surface area contributed by atoms with Gasteiger partial charge in [-0.05, 0) is 6.07 Å². The maximum atomic E-state index is 13.9. The summed E-state index contributed by atoms with van der Waals surface area (Å²) in [5, 5.41) is -0.581. The molecule has 0 amide bonds. The van der Waals surface area contributed by atoms with Crippen LogP contribution in [0.2, 0.25) is 0 Å². The third-order valence-corrected chi connectivity index (χ3v) is 3.08. The summed E-state index contributed by atoms with van der Waals surface area (Å²) in [7, 11) is 0. The first-order chi connectivity index (χ1) is 10.9. The van der Waals surface area contributed by atoms with Gasteiger partial charge < -0.3 is 9.30 Å². The van der Waals surface area contributed by atoms with E-state index < -0.39 is 58.5 Å². The van der Waals surface area contributed by atoms with Crippen molar-refractivity contribution in [3.63, 3.8) is 0 Å². The van der Waals surface area contributed by atoms with E-state index in [0.29, 0.717) is 6.07 Å². The molecule has 0 saturated heterocycles. The number of alkyl halides is 1. The zero-order valence-electron chi connectivity index (χ0n) is 11.7. The summed E-state index contributed by atoms with van der Waals surface area (Å²) in [6.07, 6.45) is 2.11. The van der Waals surface area contributed by atoms with Crippen LogP contribution in [0.5, 0.6) is 0 Å². The van der Waals surface area contributed by atoms with Crippen LogP contribution in [0.15, 0.2) is 29.7 Å². The molecule has 4 nitrogen and oxygen atoms in total. The number of rotatable bonds is 5. The van der Waals surface area contributed by atoms with Gasteiger partial charge in [-0.2, -0.15) is 0 Å². The normalized spacial score (nSPS) is 10.8. The molecule has 0 bridgehead atoms. The number of esters is 1. The highest BCUT2D eigenvalue weighted by Gasteiger charge is 2.22. The van der Waals surface area contributed by atoms with Gasteiger partial charge in [0.2, 0.25) is 5.43 Å². The Bertz CT molecular complexity index is 845. The van der Waals surface area contributed by atoms with Crippen LogP contribution < -0.4 is 5.43 Å². The molecule has 0 aliphatic carbocycles. The van der Waals surface area contributed by atoms with E-state index in [9.17, 15) is 27.2 Å². The minimum Gasteiger partial charge on any atom is -0.458 e. The maximum absolute atomic E-state index is 13.9. The Kier molecular flexibility index (Phi) is 4.83. The fourth-order valence-electron chi connectivity index (χ4n) is 2.09. The standard InChI is InChI=1S/C15H11F4NO3/c1-2-5-23-15(22)9-7-20(4-3-16)13-8(14(9)21)6-10(17)11(18)12(13)19/h2,6-7H,1,3-5H2. The highest BCUT2D eigenvalue weighted by Crippen LogP contribution is 2.22. The zero-order valence-corrected chi connectivity index (χ0v) is 11.7. The zero-order chi connectivity index (χ0) is 17.1. The van der Waals surface area contributed by atoms with Gasteiger partial charge in [0.1, 0.15) is 18.8 Å². The number of aromatic nitrogens is 1. The van der Waals surface area contributed by atoms with E-state index in [-0.39, 0.29) is 6.61 Å². The van der Waals surface area contributed by atoms with Gasteiger partial charge in [-0.15, -0.1) is 0 Å². The Morgan fingerprint density at radius 3 is 2.61 bits per heavy atom. The van der Waals surface area contributed by atoms with Crippen molar-refractivity contribution in [1.82, 2.24) is 4.57 Å². The molecule has 8 heteroatoms. The number of hydrogen-bond donors (Lipinski definition) is 0. The van der Waals surface area contributed by atoms with Crippen LogP contribution in [0, 0.1) is 17.5 Å². The summed E-state index contributed by atoms with van der Waals surface area (Å²) >= 11 is 0. The number of nitrogens with zero attached hydrogens (tertiary/aromatic N) is 1. The van der Waals surface area contributed by atoms with E-state index >= 15 is 0 Å². The van der Waals surface area contributed by atoms with E-state index in [1.165, 1.54) is 6.08 Å². The number of aryl methyl sites for hydroxylation is 1. The molecule has 0 spiro atoms. The SMILES string of the molecule is C=CCOC(=O)c1cn(CCF)c2c(F)c(F)c(F)cc2c1=O. The molecule has 0 aliphatic heterocycles. The van der Waals surface area contributed by atoms with E-state index in [0.717, 1.165) is 10.8 Å². The molecule has 2 aromatic rings. The van der Waals surface area contributed by atoms with Crippen molar-refractivity contribution in [2.24, 2.45) is 0 Å². The number of pyridine rings is 1. The molecule has 0 atom stereocenters. The fraction of sp³-hybridized carbons (Fsp3) is 0.200. The van der Waals surface area contributed by atoms with Gasteiger partial charge in [-0.3, -0.25) is 4.79 Å². The summed E-state index contributed by atoms with van der Waals surface area (Å²) < 4.78 is 58.9. The van der Waals surface area contributed by atoms with Crippen LogP contribution in [-0.2, 0) is 11.3 Å². The molecular weight excluding hydrogens is 318 g/mol. The molecule has 23 heavy (non-hydrogen) atoms. The number of hydrogen-bond acceptors (Lipinski definition) is 3. The van der Waals surface area contributed by atoms with Crippen LogP contribution in [-0.4, -0.2) is 23.8 Å². The van der Waals surface area contributed by atoms with Crippen molar-refractivity contribution >= 4 is 16.9 Å². The molecule has 0 fully saturated rings. The molecule has 1 aromatic heterocycles. The Morgan fingerprint density at radius 1 is 1.30 bits per heavy atom. The summed E-state index contributed by atoms with van der Waals surface area (Å²) in [6.45, 7) is 1.71. The number of carbonyl (C=O) groups is 1. The Morgan fingerprint density at radius 2 is 2.00 bits per heavy atom. The molecular formula is C15H11F4NO3. The molecule has 1 aromatic carbocycles. The summed E-state index contributed by atoms with van der Waals surface area (Å²) in [5.41, 5.74) is -2.20. The lowest BCUT2D eigenvalue weighted by molar-refractivity contribution is 0.0547. The van der Waals surface area contributed by atoms with Crippen LogP contribution in [0.25, 0.3) is 10.9 Å². The largest absolute Gasteiger partial charge is 0.458 e. The third-order valence-electron chi connectivity index (χ3n) is 3.08. The Balaban J connectivity index is 2.80. The van der Waals surface area contributed by atoms with Crippen molar-refractivity contribution in [3.05, 3.63) is 58.2 Å². The van der Waals surface area contributed by atoms with Gasteiger partial charge in [0.05, 0.1) is 17.4 Å². The second kappa shape index (κ2) is 6.64. The van der Waals surface area contributed by atoms with E-state index in [4.69, 9.17) is 4.74 Å². The van der Waals surface area contributed by atoms with Gasteiger partial charge in [-0.25, -0.2) is 22.4 Å². The topological polar surface area (TPSA) is 48.3 Å². The average Bonchev–Trinajstić information content (AvgIpc) is 2.53. The molecule has 2 rings (SSSR count). The minimum absolute atomic E-state index is 0.189. The second-order valence-electron chi connectivity index (χ2n) is 4.52. The highest BCUT2D eigenvalue weighted by atomic mass is 19.2. The second-order valence-corrected chi connectivity index (χ2v) is 4.52. The van der Waals surface area contributed by atoms with Crippen LogP contribution in [0.4, 0.5) is 17.6 Å². The molecule has 0 radical (unpaired) electrons. The first-order valence-corrected chi connectivity index (χ1v) is 6.47. The molecule has 1 heterocycles. The van der Waals surface area contributed by atoms with Gasteiger partial charge in [-0.1, -0.05) is 12.7 Å². The van der Waals surface area contributed by atoms with Crippen molar-refractivity contribution in [1.29, 1.82) is 0 Å². The highest BCUT2D eigenvalue weighted by molar-refractivity contribution is 5.94. The summed E-state index contributed by atoms with van der Waals surface area (Å²) in [6, 6.07) is 0.467. The van der Waals surface area contributed by atoms with Crippen molar-refractivity contribution in [3.8, 4) is 0 Å². The lowest BCUT2D eigenvalue weighted by atomic mass is 10.1. The maximum Gasteiger partial charge on any atom is 0.343 e. The molecule has 122 valence electrons.